The number of rotatable bonds is 6. The first-order chi connectivity index (χ1) is 27.7. The number of nitrogens with zero attached hydrogens (tertiary/aromatic N) is 4. The van der Waals surface area contributed by atoms with E-state index in [9.17, 15) is 0 Å². The van der Waals surface area contributed by atoms with Crippen LogP contribution in [-0.2, 0) is 0 Å². The van der Waals surface area contributed by atoms with Crippen LogP contribution in [0, 0.1) is 0 Å². The number of fused-ring (bicyclic) bond motifs is 7. The number of benzene rings is 7. The monoisotopic (exact) mass is 718 g/mol. The van der Waals surface area contributed by atoms with Crippen LogP contribution in [0.15, 0.2) is 191 Å². The Kier molecular flexibility index (Phi) is 7.38. The average molecular weight is 719 g/mol. The van der Waals surface area contributed by atoms with Gasteiger partial charge in [0.2, 0.25) is 0 Å². The van der Waals surface area contributed by atoms with Gasteiger partial charge in [0.1, 0.15) is 22.3 Å². The van der Waals surface area contributed by atoms with Crippen LogP contribution in [0.5, 0.6) is 0 Å². The summed E-state index contributed by atoms with van der Waals surface area (Å²) in [5.41, 5.74) is 12.4. The number of hydrogen-bond acceptors (Lipinski definition) is 6. The summed E-state index contributed by atoms with van der Waals surface area (Å²) in [7, 11) is 0. The SMILES string of the molecule is c1ccc(-c2cc(-c3ccc4oc5c(ccc6oc7ccc(-c8cc(-c9ccccc9)nc(-c9ccccc9)n8)cc7c65)c4c3)nc(-c3ccccc3)n2)cc1. The van der Waals surface area contributed by atoms with Crippen LogP contribution in [0.4, 0.5) is 0 Å². The Balaban J connectivity index is 1.07. The van der Waals surface area contributed by atoms with Crippen molar-refractivity contribution in [3.63, 3.8) is 0 Å². The van der Waals surface area contributed by atoms with E-state index in [1.165, 1.54) is 0 Å². The Morgan fingerprint density at radius 2 is 0.696 bits per heavy atom. The molecular formula is C50H30N4O2. The first-order valence-electron chi connectivity index (χ1n) is 18.5. The maximum absolute atomic E-state index is 6.69. The summed E-state index contributed by atoms with van der Waals surface area (Å²) in [6.07, 6.45) is 0. The summed E-state index contributed by atoms with van der Waals surface area (Å²) < 4.78 is 13.1. The van der Waals surface area contributed by atoms with Crippen LogP contribution in [0.25, 0.3) is 112 Å². The molecule has 4 heterocycles. The fourth-order valence-corrected chi connectivity index (χ4v) is 7.55. The fourth-order valence-electron chi connectivity index (χ4n) is 7.55. The molecule has 0 saturated carbocycles. The molecule has 0 fully saturated rings. The molecule has 0 amide bonds. The molecule has 0 N–H and O–H groups in total. The molecule has 6 heteroatoms. The lowest BCUT2D eigenvalue weighted by Crippen LogP contribution is -1.95. The molecule has 56 heavy (non-hydrogen) atoms. The molecule has 6 nitrogen and oxygen atoms in total. The highest BCUT2D eigenvalue weighted by atomic mass is 16.3. The first kappa shape index (κ1) is 31.8. The van der Waals surface area contributed by atoms with Crippen molar-refractivity contribution in [3.8, 4) is 67.8 Å². The fraction of sp³-hybridized carbons (Fsp3) is 0. The van der Waals surface area contributed by atoms with Crippen molar-refractivity contribution in [3.05, 3.63) is 182 Å². The van der Waals surface area contributed by atoms with Gasteiger partial charge >= 0.3 is 0 Å². The molecule has 262 valence electrons. The molecule has 0 aliphatic rings. The van der Waals surface area contributed by atoms with Gasteiger partial charge in [-0.05, 0) is 60.7 Å². The van der Waals surface area contributed by atoms with Gasteiger partial charge in [0.05, 0.1) is 28.2 Å². The molecule has 0 radical (unpaired) electrons. The minimum atomic E-state index is 0.671. The van der Waals surface area contributed by atoms with Crippen molar-refractivity contribution in [1.29, 1.82) is 0 Å². The molecule has 0 spiro atoms. The maximum Gasteiger partial charge on any atom is 0.160 e. The predicted molar refractivity (Wildman–Crippen MR) is 225 cm³/mol. The van der Waals surface area contributed by atoms with E-state index in [0.29, 0.717) is 11.6 Å². The maximum atomic E-state index is 6.69. The Bertz CT molecular complexity index is 3110. The van der Waals surface area contributed by atoms with Gasteiger partial charge in [-0.15, -0.1) is 0 Å². The Morgan fingerprint density at radius 1 is 0.286 bits per heavy atom. The summed E-state index contributed by atoms with van der Waals surface area (Å²) >= 11 is 0. The van der Waals surface area contributed by atoms with Crippen molar-refractivity contribution in [1.82, 2.24) is 19.9 Å². The third-order valence-electron chi connectivity index (χ3n) is 10.3. The minimum absolute atomic E-state index is 0.671. The van der Waals surface area contributed by atoms with Crippen molar-refractivity contribution in [2.75, 3.05) is 0 Å². The van der Waals surface area contributed by atoms with Gasteiger partial charge in [-0.3, -0.25) is 0 Å². The largest absolute Gasteiger partial charge is 0.456 e. The van der Waals surface area contributed by atoms with E-state index < -0.39 is 0 Å². The van der Waals surface area contributed by atoms with Gasteiger partial charge < -0.3 is 8.83 Å². The van der Waals surface area contributed by atoms with Gasteiger partial charge in [0.25, 0.3) is 0 Å². The van der Waals surface area contributed by atoms with E-state index in [1.54, 1.807) is 0 Å². The van der Waals surface area contributed by atoms with Crippen LogP contribution < -0.4 is 0 Å². The van der Waals surface area contributed by atoms with Gasteiger partial charge in [-0.2, -0.15) is 0 Å². The molecule has 4 aromatic heterocycles. The molecule has 0 atom stereocenters. The second-order valence-electron chi connectivity index (χ2n) is 13.8. The average Bonchev–Trinajstić information content (AvgIpc) is 3.85. The minimum Gasteiger partial charge on any atom is -0.456 e. The summed E-state index contributed by atoms with van der Waals surface area (Å²) in [6, 6.07) is 61.4. The number of aromatic nitrogens is 4. The Labute approximate surface area is 321 Å². The molecule has 0 aliphatic carbocycles. The Morgan fingerprint density at radius 3 is 1.20 bits per heavy atom. The zero-order chi connectivity index (χ0) is 37.0. The third kappa shape index (κ3) is 5.51. The van der Waals surface area contributed by atoms with Crippen molar-refractivity contribution in [2.45, 2.75) is 0 Å². The lowest BCUT2D eigenvalue weighted by molar-refractivity contribution is 0.663. The normalized spacial score (nSPS) is 11.6. The molecular weight excluding hydrogens is 689 g/mol. The molecule has 0 bridgehead atoms. The van der Waals surface area contributed by atoms with Crippen molar-refractivity contribution >= 4 is 43.9 Å². The molecule has 11 rings (SSSR count). The highest BCUT2D eigenvalue weighted by molar-refractivity contribution is 6.22. The molecule has 0 unspecified atom stereocenters. The Hall–Kier alpha value is -7.70. The second-order valence-corrected chi connectivity index (χ2v) is 13.8. The highest BCUT2D eigenvalue weighted by Crippen LogP contribution is 2.42. The van der Waals surface area contributed by atoms with Gasteiger partial charge in [-0.25, -0.2) is 19.9 Å². The molecule has 0 aliphatic heterocycles. The van der Waals surface area contributed by atoms with Crippen LogP contribution in [0.2, 0.25) is 0 Å². The second kappa shape index (κ2) is 13.0. The quantitative estimate of drug-likeness (QED) is 0.170. The summed E-state index contributed by atoms with van der Waals surface area (Å²) in [6.45, 7) is 0. The zero-order valence-corrected chi connectivity index (χ0v) is 29.9. The smallest absolute Gasteiger partial charge is 0.160 e. The zero-order valence-electron chi connectivity index (χ0n) is 29.9. The van der Waals surface area contributed by atoms with Crippen LogP contribution in [0.1, 0.15) is 0 Å². The summed E-state index contributed by atoms with van der Waals surface area (Å²) in [5, 5.41) is 3.89. The van der Waals surface area contributed by atoms with Crippen molar-refractivity contribution < 1.29 is 8.83 Å². The standard InChI is InChI=1S/C50H30N4O2/c1-5-13-31(14-6-1)40-29-42(53-49(51-40)33-17-9-3-10-18-33)35-21-24-44-38(27-35)37-23-26-46-47(48(37)56-44)39-28-36(22-25-45(39)55-46)43-30-41(32-15-7-2-8-16-32)52-50(54-43)34-19-11-4-12-20-34/h1-30H. The van der Waals surface area contributed by atoms with Gasteiger partial charge in [-0.1, -0.05) is 121 Å². The summed E-state index contributed by atoms with van der Waals surface area (Å²) in [4.78, 5) is 20.1. The van der Waals surface area contributed by atoms with E-state index in [-0.39, 0.29) is 0 Å². The predicted octanol–water partition coefficient (Wildman–Crippen LogP) is 13.1. The topological polar surface area (TPSA) is 77.8 Å². The van der Waals surface area contributed by atoms with Gasteiger partial charge in [0, 0.05) is 49.5 Å². The van der Waals surface area contributed by atoms with E-state index in [1.807, 2.05) is 115 Å². The van der Waals surface area contributed by atoms with Crippen LogP contribution in [-0.4, -0.2) is 19.9 Å². The van der Waals surface area contributed by atoms with Crippen molar-refractivity contribution in [2.24, 2.45) is 0 Å². The molecule has 11 aromatic rings. The molecule has 0 saturated heterocycles. The first-order valence-corrected chi connectivity index (χ1v) is 18.5. The lowest BCUT2D eigenvalue weighted by Gasteiger charge is -2.09. The van der Waals surface area contributed by atoms with E-state index in [2.05, 4.69) is 66.7 Å². The van der Waals surface area contributed by atoms with E-state index >= 15 is 0 Å². The molecule has 7 aromatic carbocycles. The highest BCUT2D eigenvalue weighted by Gasteiger charge is 2.19. The summed E-state index contributed by atoms with van der Waals surface area (Å²) in [5.74, 6) is 1.35. The number of hydrogen-bond donors (Lipinski definition) is 0. The van der Waals surface area contributed by atoms with E-state index in [4.69, 9.17) is 28.8 Å². The van der Waals surface area contributed by atoms with Gasteiger partial charge in [0.15, 0.2) is 11.6 Å². The third-order valence-corrected chi connectivity index (χ3v) is 10.3. The number of furan rings is 2. The van der Waals surface area contributed by atoms with E-state index in [0.717, 1.165) is 100 Å². The van der Waals surface area contributed by atoms with Crippen LogP contribution >= 0.6 is 0 Å². The lowest BCUT2D eigenvalue weighted by atomic mass is 10.0. The van der Waals surface area contributed by atoms with Crippen LogP contribution in [0.3, 0.4) is 0 Å².